The molecule has 0 fully saturated rings. The van der Waals surface area contributed by atoms with Crippen LogP contribution in [0.5, 0.6) is 23.1 Å². The van der Waals surface area contributed by atoms with E-state index in [2.05, 4.69) is 10.3 Å². The Labute approximate surface area is 136 Å². The van der Waals surface area contributed by atoms with Crippen molar-refractivity contribution in [2.24, 2.45) is 0 Å². The molecule has 124 valence electrons. The molecule has 0 aliphatic carbocycles. The van der Waals surface area contributed by atoms with Gasteiger partial charge >= 0.3 is 0 Å². The summed E-state index contributed by atoms with van der Waals surface area (Å²) in [7, 11) is 6.42. The van der Waals surface area contributed by atoms with Crippen LogP contribution in [0, 0.1) is 0 Å². The lowest BCUT2D eigenvalue weighted by Crippen LogP contribution is -2.14. The van der Waals surface area contributed by atoms with Crippen molar-refractivity contribution >= 4 is 0 Å². The van der Waals surface area contributed by atoms with Crippen molar-refractivity contribution in [2.45, 2.75) is 13.1 Å². The summed E-state index contributed by atoms with van der Waals surface area (Å²) in [6, 6.07) is 7.64. The van der Waals surface area contributed by atoms with Crippen LogP contribution in [0.2, 0.25) is 0 Å². The molecule has 1 aromatic heterocycles. The van der Waals surface area contributed by atoms with Gasteiger partial charge in [-0.15, -0.1) is 0 Å². The van der Waals surface area contributed by atoms with Crippen LogP contribution in [0.25, 0.3) is 0 Å². The molecule has 2 rings (SSSR count). The van der Waals surface area contributed by atoms with Crippen molar-refractivity contribution in [2.75, 3.05) is 28.4 Å². The second-order valence-electron chi connectivity index (χ2n) is 4.81. The molecule has 0 unspecified atom stereocenters. The monoisotopic (exact) mass is 318 g/mol. The number of ether oxygens (including phenoxy) is 4. The van der Waals surface area contributed by atoms with Gasteiger partial charge in [-0.25, -0.2) is 4.98 Å². The smallest absolute Gasteiger partial charge is 0.212 e. The first kappa shape index (κ1) is 16.9. The average molecular weight is 318 g/mol. The summed E-state index contributed by atoms with van der Waals surface area (Å²) in [6.07, 6.45) is 1.79. The zero-order chi connectivity index (χ0) is 16.7. The Morgan fingerprint density at radius 2 is 1.61 bits per heavy atom. The minimum Gasteiger partial charge on any atom is -0.493 e. The number of nitrogens with one attached hydrogen (secondary N) is 1. The lowest BCUT2D eigenvalue weighted by Gasteiger charge is -2.16. The number of benzene rings is 1. The molecule has 1 aromatic carbocycles. The van der Waals surface area contributed by atoms with E-state index >= 15 is 0 Å². The van der Waals surface area contributed by atoms with E-state index in [-0.39, 0.29) is 0 Å². The molecule has 2 aromatic rings. The lowest BCUT2D eigenvalue weighted by atomic mass is 10.1. The van der Waals surface area contributed by atoms with E-state index in [1.807, 2.05) is 24.3 Å². The van der Waals surface area contributed by atoms with E-state index in [9.17, 15) is 0 Å². The van der Waals surface area contributed by atoms with Crippen molar-refractivity contribution < 1.29 is 18.9 Å². The number of hydrogen-bond acceptors (Lipinski definition) is 6. The molecule has 0 saturated heterocycles. The summed E-state index contributed by atoms with van der Waals surface area (Å²) in [5, 5.41) is 3.36. The van der Waals surface area contributed by atoms with Crippen molar-refractivity contribution in [1.29, 1.82) is 0 Å². The Morgan fingerprint density at radius 1 is 0.826 bits per heavy atom. The summed E-state index contributed by atoms with van der Waals surface area (Å²) in [5.41, 5.74) is 2.07. The molecule has 23 heavy (non-hydrogen) atoms. The van der Waals surface area contributed by atoms with Gasteiger partial charge in [0.2, 0.25) is 11.6 Å². The maximum Gasteiger partial charge on any atom is 0.212 e. The fourth-order valence-electron chi connectivity index (χ4n) is 2.28. The Balaban J connectivity index is 2.04. The van der Waals surface area contributed by atoms with E-state index in [1.165, 1.54) is 0 Å². The molecule has 0 radical (unpaired) electrons. The lowest BCUT2D eigenvalue weighted by molar-refractivity contribution is 0.321. The van der Waals surface area contributed by atoms with Crippen LogP contribution >= 0.6 is 0 Å². The van der Waals surface area contributed by atoms with E-state index in [0.717, 1.165) is 11.1 Å². The van der Waals surface area contributed by atoms with E-state index in [0.29, 0.717) is 36.2 Å². The molecule has 6 nitrogen and oxygen atoms in total. The van der Waals surface area contributed by atoms with Crippen LogP contribution in [0.1, 0.15) is 11.1 Å². The molecule has 0 amide bonds. The van der Waals surface area contributed by atoms with Gasteiger partial charge in [-0.05, 0) is 11.6 Å². The number of nitrogens with zero attached hydrogens (tertiary/aromatic N) is 1. The van der Waals surface area contributed by atoms with E-state index in [1.54, 1.807) is 34.6 Å². The molecular weight excluding hydrogens is 296 g/mol. The summed E-state index contributed by atoms with van der Waals surface area (Å²) < 4.78 is 21.2. The minimum absolute atomic E-state index is 0.598. The van der Waals surface area contributed by atoms with E-state index in [4.69, 9.17) is 18.9 Å². The molecule has 0 aliphatic heterocycles. The third kappa shape index (κ3) is 4.04. The zero-order valence-corrected chi connectivity index (χ0v) is 13.9. The van der Waals surface area contributed by atoms with E-state index < -0.39 is 0 Å². The van der Waals surface area contributed by atoms with Gasteiger partial charge in [-0.2, -0.15) is 0 Å². The third-order valence-corrected chi connectivity index (χ3v) is 3.44. The van der Waals surface area contributed by atoms with Crippen molar-refractivity contribution in [3.05, 3.63) is 41.6 Å². The molecule has 1 N–H and O–H groups in total. The molecule has 6 heteroatoms. The highest BCUT2D eigenvalue weighted by molar-refractivity contribution is 5.55. The highest BCUT2D eigenvalue weighted by atomic mass is 16.5. The van der Waals surface area contributed by atoms with Gasteiger partial charge in [-0.1, -0.05) is 12.1 Å². The first-order chi connectivity index (χ1) is 11.2. The molecule has 0 aliphatic rings. The van der Waals surface area contributed by atoms with Crippen molar-refractivity contribution in [3.63, 3.8) is 0 Å². The normalized spacial score (nSPS) is 10.3. The Hall–Kier alpha value is -2.47. The van der Waals surface area contributed by atoms with Crippen LogP contribution in [-0.4, -0.2) is 33.4 Å². The van der Waals surface area contributed by atoms with Gasteiger partial charge in [0.25, 0.3) is 0 Å². The highest BCUT2D eigenvalue weighted by Gasteiger charge is 2.15. The van der Waals surface area contributed by atoms with Crippen molar-refractivity contribution in [3.8, 4) is 23.1 Å². The SMILES string of the molecule is COc1ccc(CNCc2ccc(OC)c(OC)c2OC)cn1. The fourth-order valence-corrected chi connectivity index (χ4v) is 2.28. The molecule has 0 atom stereocenters. The first-order valence-corrected chi connectivity index (χ1v) is 7.21. The minimum atomic E-state index is 0.598. The molecular formula is C17H22N2O4. The Kier molecular flexibility index (Phi) is 6.05. The topological polar surface area (TPSA) is 61.8 Å². The van der Waals surface area contributed by atoms with Crippen LogP contribution in [0.3, 0.4) is 0 Å². The van der Waals surface area contributed by atoms with Crippen molar-refractivity contribution in [1.82, 2.24) is 10.3 Å². The largest absolute Gasteiger partial charge is 0.493 e. The van der Waals surface area contributed by atoms with Gasteiger partial charge in [0.15, 0.2) is 11.5 Å². The summed E-state index contributed by atoms with van der Waals surface area (Å²) in [5.74, 6) is 2.52. The standard InChI is InChI=1S/C17H22N2O4/c1-20-14-7-6-13(16(22-3)17(14)23-4)11-18-9-12-5-8-15(21-2)19-10-12/h5-8,10,18H,9,11H2,1-4H3. The number of pyridine rings is 1. The van der Waals surface area contributed by atoms with Gasteiger partial charge in [0, 0.05) is 30.9 Å². The van der Waals surface area contributed by atoms with Gasteiger partial charge < -0.3 is 24.3 Å². The van der Waals surface area contributed by atoms with Crippen LogP contribution in [-0.2, 0) is 13.1 Å². The fraction of sp³-hybridized carbons (Fsp3) is 0.353. The molecule has 0 bridgehead atoms. The average Bonchev–Trinajstić information content (AvgIpc) is 2.61. The number of aromatic nitrogens is 1. The molecule has 0 saturated carbocycles. The van der Waals surface area contributed by atoms with Crippen LogP contribution < -0.4 is 24.3 Å². The Morgan fingerprint density at radius 3 is 2.17 bits per heavy atom. The molecule has 0 spiro atoms. The van der Waals surface area contributed by atoms with Crippen LogP contribution in [0.4, 0.5) is 0 Å². The van der Waals surface area contributed by atoms with Gasteiger partial charge in [0.05, 0.1) is 28.4 Å². The second-order valence-corrected chi connectivity index (χ2v) is 4.81. The first-order valence-electron chi connectivity index (χ1n) is 7.21. The summed E-state index contributed by atoms with van der Waals surface area (Å²) >= 11 is 0. The highest BCUT2D eigenvalue weighted by Crippen LogP contribution is 2.39. The summed E-state index contributed by atoms with van der Waals surface area (Å²) in [6.45, 7) is 1.32. The predicted molar refractivity (Wildman–Crippen MR) is 87.4 cm³/mol. The van der Waals surface area contributed by atoms with Gasteiger partial charge in [-0.3, -0.25) is 0 Å². The van der Waals surface area contributed by atoms with Gasteiger partial charge in [0.1, 0.15) is 0 Å². The Bertz CT molecular complexity index is 629. The maximum atomic E-state index is 5.47. The quantitative estimate of drug-likeness (QED) is 0.806. The summed E-state index contributed by atoms with van der Waals surface area (Å²) in [4.78, 5) is 4.18. The predicted octanol–water partition coefficient (Wildman–Crippen LogP) is 2.41. The third-order valence-electron chi connectivity index (χ3n) is 3.44. The van der Waals surface area contributed by atoms with Crippen LogP contribution in [0.15, 0.2) is 30.5 Å². The zero-order valence-electron chi connectivity index (χ0n) is 13.9. The molecule has 1 heterocycles. The maximum absolute atomic E-state index is 5.47. The number of rotatable bonds is 8. The second kappa shape index (κ2) is 8.24. The number of hydrogen-bond donors (Lipinski definition) is 1. The number of methoxy groups -OCH3 is 4.